The highest BCUT2D eigenvalue weighted by molar-refractivity contribution is 5.69. The number of rotatable bonds is 13. The van der Waals surface area contributed by atoms with E-state index in [1.807, 2.05) is 0 Å². The smallest absolute Gasteiger partial charge is 0.305 e. The summed E-state index contributed by atoms with van der Waals surface area (Å²) in [5.41, 5.74) is 0. The molecule has 0 aromatic carbocycles. The van der Waals surface area contributed by atoms with Gasteiger partial charge in [-0.05, 0) is 25.7 Å². The monoisotopic (exact) mass is 286 g/mol. The lowest BCUT2D eigenvalue weighted by atomic mass is 10.1. The summed E-state index contributed by atoms with van der Waals surface area (Å²) >= 11 is 0. The number of aliphatic hydroxyl groups is 2. The summed E-state index contributed by atoms with van der Waals surface area (Å²) in [6.07, 6.45) is 12.9. The Morgan fingerprint density at radius 3 is 2.45 bits per heavy atom. The van der Waals surface area contributed by atoms with Gasteiger partial charge in [-0.25, -0.2) is 0 Å². The van der Waals surface area contributed by atoms with Gasteiger partial charge in [-0.3, -0.25) is 4.79 Å². The molecule has 4 nitrogen and oxygen atoms in total. The molecule has 0 radical (unpaired) electrons. The lowest BCUT2D eigenvalue weighted by Gasteiger charge is -2.08. The molecule has 2 N–H and O–H groups in total. The molecular formula is C16H30O4. The van der Waals surface area contributed by atoms with Crippen LogP contribution in [-0.2, 0) is 9.53 Å². The third kappa shape index (κ3) is 13.6. The minimum absolute atomic E-state index is 0.112. The van der Waals surface area contributed by atoms with E-state index in [0.717, 1.165) is 25.7 Å². The fraction of sp³-hybridized carbons (Fsp3) is 0.812. The minimum Gasteiger partial charge on any atom is -0.463 e. The molecule has 0 fully saturated rings. The van der Waals surface area contributed by atoms with Crippen LogP contribution in [0.15, 0.2) is 12.2 Å². The van der Waals surface area contributed by atoms with Gasteiger partial charge in [0.05, 0.1) is 6.61 Å². The van der Waals surface area contributed by atoms with Crippen molar-refractivity contribution in [1.29, 1.82) is 0 Å². The second-order valence-corrected chi connectivity index (χ2v) is 5.09. The molecule has 4 heteroatoms. The third-order valence-electron chi connectivity index (χ3n) is 3.02. The average molecular weight is 286 g/mol. The first kappa shape index (κ1) is 19.1. The number of hydrogen-bond acceptors (Lipinski definition) is 4. The van der Waals surface area contributed by atoms with E-state index in [0.29, 0.717) is 6.42 Å². The zero-order chi connectivity index (χ0) is 15.1. The van der Waals surface area contributed by atoms with Crippen LogP contribution < -0.4 is 0 Å². The van der Waals surface area contributed by atoms with E-state index in [1.54, 1.807) is 0 Å². The molecule has 0 saturated carbocycles. The van der Waals surface area contributed by atoms with Crippen LogP contribution in [0.25, 0.3) is 0 Å². The molecule has 0 heterocycles. The third-order valence-corrected chi connectivity index (χ3v) is 3.02. The Balaban J connectivity index is 3.25. The fourth-order valence-corrected chi connectivity index (χ4v) is 1.78. The first-order valence-electron chi connectivity index (χ1n) is 7.80. The minimum atomic E-state index is -0.959. The zero-order valence-corrected chi connectivity index (χ0v) is 12.7. The summed E-state index contributed by atoms with van der Waals surface area (Å²) in [7, 11) is 0. The standard InChI is InChI=1S/C16H30O4/c1-2-3-4-5-6-7-8-9-10-11-12-16(19)20-14-15(18)13-17/h4-5,15,17-18H,2-3,6-14H2,1H3/b5-4+/t15-/m0/s1. The SMILES string of the molecule is CCC/C=C/CCCCCCCC(=O)OC[C@@H](O)CO. The summed E-state index contributed by atoms with van der Waals surface area (Å²) in [4.78, 5) is 11.3. The van der Waals surface area contributed by atoms with E-state index >= 15 is 0 Å². The van der Waals surface area contributed by atoms with Crippen molar-refractivity contribution in [1.82, 2.24) is 0 Å². The van der Waals surface area contributed by atoms with Crippen molar-refractivity contribution in [2.45, 2.75) is 70.8 Å². The number of carbonyl (C=O) groups excluding carboxylic acids is 1. The van der Waals surface area contributed by atoms with Crippen LogP contribution in [-0.4, -0.2) is 35.5 Å². The highest BCUT2D eigenvalue weighted by Crippen LogP contribution is 2.08. The van der Waals surface area contributed by atoms with Gasteiger partial charge in [0.1, 0.15) is 12.7 Å². The van der Waals surface area contributed by atoms with E-state index < -0.39 is 6.10 Å². The number of allylic oxidation sites excluding steroid dienone is 2. The van der Waals surface area contributed by atoms with E-state index in [9.17, 15) is 4.79 Å². The van der Waals surface area contributed by atoms with E-state index in [1.165, 1.54) is 25.7 Å². The number of unbranched alkanes of at least 4 members (excludes halogenated alkanes) is 6. The Morgan fingerprint density at radius 2 is 1.75 bits per heavy atom. The summed E-state index contributed by atoms with van der Waals surface area (Å²) in [5.74, 6) is -0.292. The maximum atomic E-state index is 11.3. The highest BCUT2D eigenvalue weighted by atomic mass is 16.5. The van der Waals surface area contributed by atoms with Crippen molar-refractivity contribution in [2.75, 3.05) is 13.2 Å². The molecule has 0 bridgehead atoms. The van der Waals surface area contributed by atoms with Gasteiger partial charge in [-0.15, -0.1) is 0 Å². The van der Waals surface area contributed by atoms with Gasteiger partial charge in [0.2, 0.25) is 0 Å². The Labute approximate surface area is 122 Å². The van der Waals surface area contributed by atoms with Crippen molar-refractivity contribution >= 4 is 5.97 Å². The number of carbonyl (C=O) groups is 1. The Bertz CT molecular complexity index is 251. The summed E-state index contributed by atoms with van der Waals surface area (Å²) in [6.45, 7) is 1.69. The molecule has 118 valence electrons. The summed E-state index contributed by atoms with van der Waals surface area (Å²) in [6, 6.07) is 0. The quantitative estimate of drug-likeness (QED) is 0.310. The molecule has 0 aliphatic rings. The molecule has 1 atom stereocenters. The van der Waals surface area contributed by atoms with Crippen molar-refractivity contribution in [3.63, 3.8) is 0 Å². The van der Waals surface area contributed by atoms with E-state index in [2.05, 4.69) is 19.1 Å². The van der Waals surface area contributed by atoms with Crippen LogP contribution in [0.5, 0.6) is 0 Å². The first-order valence-corrected chi connectivity index (χ1v) is 7.80. The number of aliphatic hydroxyl groups excluding tert-OH is 2. The van der Waals surface area contributed by atoms with Gasteiger partial charge in [0, 0.05) is 6.42 Å². The molecule has 0 aromatic rings. The Morgan fingerprint density at radius 1 is 1.10 bits per heavy atom. The van der Waals surface area contributed by atoms with Gasteiger partial charge < -0.3 is 14.9 Å². The number of ether oxygens (including phenoxy) is 1. The Kier molecular flexibility index (Phi) is 13.9. The molecule has 0 spiro atoms. The number of esters is 1. The molecule has 0 aliphatic heterocycles. The largest absolute Gasteiger partial charge is 0.463 e. The molecule has 0 unspecified atom stereocenters. The van der Waals surface area contributed by atoms with Crippen LogP contribution in [0.2, 0.25) is 0 Å². The van der Waals surface area contributed by atoms with Crippen molar-refractivity contribution in [3.05, 3.63) is 12.2 Å². The molecule has 0 saturated heterocycles. The second kappa shape index (κ2) is 14.5. The molecule has 0 aliphatic carbocycles. The van der Waals surface area contributed by atoms with E-state index in [-0.39, 0.29) is 19.2 Å². The average Bonchev–Trinajstić information content (AvgIpc) is 2.46. The normalized spacial score (nSPS) is 12.8. The van der Waals surface area contributed by atoms with Gasteiger partial charge in [-0.1, -0.05) is 44.8 Å². The van der Waals surface area contributed by atoms with Crippen LogP contribution >= 0.6 is 0 Å². The van der Waals surface area contributed by atoms with Crippen LogP contribution in [0, 0.1) is 0 Å². The predicted molar refractivity (Wildman–Crippen MR) is 80.4 cm³/mol. The van der Waals surface area contributed by atoms with Gasteiger partial charge >= 0.3 is 5.97 Å². The van der Waals surface area contributed by atoms with Crippen LogP contribution in [0.4, 0.5) is 0 Å². The maximum Gasteiger partial charge on any atom is 0.305 e. The van der Waals surface area contributed by atoms with Crippen molar-refractivity contribution < 1.29 is 19.7 Å². The fourth-order valence-electron chi connectivity index (χ4n) is 1.78. The topological polar surface area (TPSA) is 66.8 Å². The van der Waals surface area contributed by atoms with Crippen molar-refractivity contribution in [3.8, 4) is 0 Å². The first-order chi connectivity index (χ1) is 9.70. The molecule has 0 aromatic heterocycles. The highest BCUT2D eigenvalue weighted by Gasteiger charge is 2.07. The summed E-state index contributed by atoms with van der Waals surface area (Å²) < 4.78 is 4.82. The molecule has 0 rings (SSSR count). The van der Waals surface area contributed by atoms with Gasteiger partial charge in [0.15, 0.2) is 0 Å². The van der Waals surface area contributed by atoms with Gasteiger partial charge in [0.25, 0.3) is 0 Å². The molecule has 20 heavy (non-hydrogen) atoms. The van der Waals surface area contributed by atoms with Gasteiger partial charge in [-0.2, -0.15) is 0 Å². The lowest BCUT2D eigenvalue weighted by Crippen LogP contribution is -2.21. The second-order valence-electron chi connectivity index (χ2n) is 5.09. The molecular weight excluding hydrogens is 256 g/mol. The summed E-state index contributed by atoms with van der Waals surface area (Å²) in [5, 5.41) is 17.6. The maximum absolute atomic E-state index is 11.3. The zero-order valence-electron chi connectivity index (χ0n) is 12.7. The molecule has 0 amide bonds. The van der Waals surface area contributed by atoms with Crippen LogP contribution in [0.1, 0.15) is 64.7 Å². The number of hydrogen-bond donors (Lipinski definition) is 2. The van der Waals surface area contributed by atoms with Crippen LogP contribution in [0.3, 0.4) is 0 Å². The predicted octanol–water partition coefficient (Wildman–Crippen LogP) is 2.97. The Hall–Kier alpha value is -0.870. The lowest BCUT2D eigenvalue weighted by molar-refractivity contribution is -0.147. The van der Waals surface area contributed by atoms with E-state index in [4.69, 9.17) is 14.9 Å². The van der Waals surface area contributed by atoms with Crippen molar-refractivity contribution in [2.24, 2.45) is 0 Å².